The Balaban J connectivity index is 1.31. The van der Waals surface area contributed by atoms with Crippen LogP contribution in [0.25, 0.3) is 0 Å². The molecule has 2 aliphatic rings. The van der Waals surface area contributed by atoms with Gasteiger partial charge in [0.15, 0.2) is 0 Å². The van der Waals surface area contributed by atoms with Crippen LogP contribution in [0, 0.1) is 11.6 Å². The molecule has 2 heterocycles. The van der Waals surface area contributed by atoms with Crippen molar-refractivity contribution in [3.05, 3.63) is 47.2 Å². The van der Waals surface area contributed by atoms with Crippen molar-refractivity contribution in [3.63, 3.8) is 0 Å². The summed E-state index contributed by atoms with van der Waals surface area (Å²) in [5.41, 5.74) is 0.543. The zero-order valence-electron chi connectivity index (χ0n) is 15.0. The van der Waals surface area contributed by atoms with Gasteiger partial charge in [-0.05, 0) is 25.8 Å². The maximum atomic E-state index is 14.0. The number of aromatic nitrogens is 2. The summed E-state index contributed by atoms with van der Waals surface area (Å²) < 4.78 is 32.9. The van der Waals surface area contributed by atoms with Crippen LogP contribution >= 0.6 is 0 Å². The van der Waals surface area contributed by atoms with Gasteiger partial charge in [-0.25, -0.2) is 8.78 Å². The Hall–Kier alpha value is -1.86. The number of halogens is 2. The first-order chi connectivity index (χ1) is 12.6. The monoisotopic (exact) mass is 362 g/mol. The minimum absolute atomic E-state index is 0.0774. The van der Waals surface area contributed by atoms with E-state index in [9.17, 15) is 8.78 Å². The van der Waals surface area contributed by atoms with Crippen molar-refractivity contribution in [1.29, 1.82) is 0 Å². The fourth-order valence-electron chi connectivity index (χ4n) is 3.69. The molecule has 1 saturated carbocycles. The molecule has 1 aliphatic heterocycles. The molecular formula is C19H24F2N4O. The maximum absolute atomic E-state index is 14.0. The minimum atomic E-state index is -0.538. The Morgan fingerprint density at radius 2 is 1.92 bits per heavy atom. The molecule has 0 unspecified atom stereocenters. The predicted octanol–water partition coefficient (Wildman–Crippen LogP) is 3.49. The number of hydrogen-bond donors (Lipinski definition) is 0. The van der Waals surface area contributed by atoms with Gasteiger partial charge in [0.1, 0.15) is 11.6 Å². The highest BCUT2D eigenvalue weighted by molar-refractivity contribution is 5.22. The molecule has 4 rings (SSSR count). The summed E-state index contributed by atoms with van der Waals surface area (Å²) in [7, 11) is 0. The van der Waals surface area contributed by atoms with Gasteiger partial charge in [-0.15, -0.1) is 10.2 Å². The third-order valence-electron chi connectivity index (χ3n) is 5.66. The first kappa shape index (κ1) is 17.5. The average Bonchev–Trinajstić information content (AvgIpc) is 3.01. The van der Waals surface area contributed by atoms with Gasteiger partial charge in [-0.1, -0.05) is 12.5 Å². The average molecular weight is 362 g/mol. The van der Waals surface area contributed by atoms with Crippen LogP contribution in [-0.4, -0.2) is 46.2 Å². The van der Waals surface area contributed by atoms with Crippen molar-refractivity contribution in [3.8, 4) is 0 Å². The Kier molecular flexibility index (Phi) is 5.00. The van der Waals surface area contributed by atoms with Crippen molar-refractivity contribution in [2.24, 2.45) is 0 Å². The summed E-state index contributed by atoms with van der Waals surface area (Å²) in [4.78, 5) is 4.50. The van der Waals surface area contributed by atoms with Gasteiger partial charge >= 0.3 is 0 Å². The lowest BCUT2D eigenvalue weighted by atomic mass is 9.85. The van der Waals surface area contributed by atoms with Crippen LogP contribution in [0.15, 0.2) is 22.6 Å². The fraction of sp³-hybridized carbons (Fsp3) is 0.579. The lowest BCUT2D eigenvalue weighted by Gasteiger charge is -2.37. The van der Waals surface area contributed by atoms with E-state index in [1.54, 1.807) is 6.07 Å². The molecule has 5 nitrogen and oxygen atoms in total. The molecule has 2 fully saturated rings. The Morgan fingerprint density at radius 1 is 1.15 bits per heavy atom. The van der Waals surface area contributed by atoms with E-state index >= 15 is 0 Å². The van der Waals surface area contributed by atoms with Crippen LogP contribution in [-0.2, 0) is 6.54 Å². The van der Waals surface area contributed by atoms with Crippen molar-refractivity contribution in [2.75, 3.05) is 26.2 Å². The highest BCUT2D eigenvalue weighted by Gasteiger charge is 2.27. The zero-order chi connectivity index (χ0) is 18.1. The maximum Gasteiger partial charge on any atom is 0.230 e. The first-order valence-electron chi connectivity index (χ1n) is 9.34. The third kappa shape index (κ3) is 3.64. The Morgan fingerprint density at radius 3 is 2.58 bits per heavy atom. The molecule has 1 atom stereocenters. The number of piperazine rings is 1. The number of benzene rings is 1. The second-order valence-corrected chi connectivity index (χ2v) is 7.32. The number of nitrogens with zero attached hydrogens (tertiary/aromatic N) is 4. The zero-order valence-corrected chi connectivity index (χ0v) is 15.0. The van der Waals surface area contributed by atoms with E-state index in [1.807, 2.05) is 6.92 Å². The molecule has 1 aromatic carbocycles. The van der Waals surface area contributed by atoms with E-state index in [0.717, 1.165) is 51.0 Å². The van der Waals surface area contributed by atoms with E-state index in [4.69, 9.17) is 4.42 Å². The van der Waals surface area contributed by atoms with Crippen LogP contribution < -0.4 is 0 Å². The summed E-state index contributed by atoms with van der Waals surface area (Å²) in [5.74, 6) is 0.904. The molecule has 7 heteroatoms. The molecular weight excluding hydrogens is 338 g/mol. The smallest absolute Gasteiger partial charge is 0.230 e. The molecule has 0 amide bonds. The molecule has 0 radical (unpaired) electrons. The van der Waals surface area contributed by atoms with Crippen LogP contribution in [0.2, 0.25) is 0 Å². The minimum Gasteiger partial charge on any atom is -0.424 e. The van der Waals surface area contributed by atoms with Crippen LogP contribution in [0.3, 0.4) is 0 Å². The molecule has 1 saturated heterocycles. The van der Waals surface area contributed by atoms with Crippen molar-refractivity contribution in [2.45, 2.75) is 44.7 Å². The molecule has 1 aliphatic carbocycles. The number of rotatable bonds is 5. The Bertz CT molecular complexity index is 754. The lowest BCUT2D eigenvalue weighted by molar-refractivity contribution is 0.0903. The summed E-state index contributed by atoms with van der Waals surface area (Å²) in [6.07, 6.45) is 3.55. The molecule has 0 spiro atoms. The van der Waals surface area contributed by atoms with Crippen molar-refractivity contribution in [1.82, 2.24) is 20.0 Å². The van der Waals surface area contributed by atoms with Crippen LogP contribution in [0.4, 0.5) is 8.78 Å². The van der Waals surface area contributed by atoms with Gasteiger partial charge in [-0.3, -0.25) is 9.80 Å². The molecule has 0 N–H and O–H groups in total. The molecule has 0 bridgehead atoms. The molecule has 2 aromatic rings. The van der Waals surface area contributed by atoms with E-state index in [1.165, 1.54) is 12.5 Å². The second kappa shape index (κ2) is 7.40. The predicted molar refractivity (Wildman–Crippen MR) is 92.5 cm³/mol. The van der Waals surface area contributed by atoms with Crippen LogP contribution in [0.1, 0.15) is 55.5 Å². The third-order valence-corrected chi connectivity index (χ3v) is 5.66. The summed E-state index contributed by atoms with van der Waals surface area (Å²) >= 11 is 0. The van der Waals surface area contributed by atoms with E-state index in [2.05, 4.69) is 20.0 Å². The normalized spacial score (nSPS) is 20.9. The van der Waals surface area contributed by atoms with Crippen LogP contribution in [0.5, 0.6) is 0 Å². The SMILES string of the molecule is C[C@H](c1ccc(F)cc1F)N1CCN(Cc2nnc(C3CCC3)o2)CC1. The Labute approximate surface area is 152 Å². The molecule has 1 aromatic heterocycles. The van der Waals surface area contributed by atoms with E-state index in [0.29, 0.717) is 23.9 Å². The van der Waals surface area contributed by atoms with Gasteiger partial charge < -0.3 is 4.42 Å². The largest absolute Gasteiger partial charge is 0.424 e. The second-order valence-electron chi connectivity index (χ2n) is 7.32. The molecule has 140 valence electrons. The standard InChI is InChI=1S/C19H24F2N4O/c1-13(16-6-5-15(20)11-17(16)21)25-9-7-24(8-10-25)12-18-22-23-19(26-18)14-3-2-4-14/h5-6,11,13-14H,2-4,7-10,12H2,1H3/t13-/m1/s1. The van der Waals surface area contributed by atoms with E-state index < -0.39 is 11.6 Å². The topological polar surface area (TPSA) is 45.4 Å². The molecule has 26 heavy (non-hydrogen) atoms. The van der Waals surface area contributed by atoms with Gasteiger partial charge in [0.2, 0.25) is 11.8 Å². The summed E-state index contributed by atoms with van der Waals surface area (Å²) in [6.45, 7) is 5.98. The lowest BCUT2D eigenvalue weighted by Crippen LogP contribution is -2.46. The van der Waals surface area contributed by atoms with Gasteiger partial charge in [0.25, 0.3) is 0 Å². The van der Waals surface area contributed by atoms with Gasteiger partial charge in [0, 0.05) is 49.8 Å². The summed E-state index contributed by atoms with van der Waals surface area (Å²) in [5, 5.41) is 8.36. The van der Waals surface area contributed by atoms with Gasteiger partial charge in [-0.2, -0.15) is 0 Å². The first-order valence-corrected chi connectivity index (χ1v) is 9.34. The number of hydrogen-bond acceptors (Lipinski definition) is 5. The summed E-state index contributed by atoms with van der Waals surface area (Å²) in [6, 6.07) is 3.74. The van der Waals surface area contributed by atoms with E-state index in [-0.39, 0.29) is 6.04 Å². The highest BCUT2D eigenvalue weighted by Crippen LogP contribution is 2.35. The highest BCUT2D eigenvalue weighted by atomic mass is 19.1. The van der Waals surface area contributed by atoms with Crippen molar-refractivity contribution < 1.29 is 13.2 Å². The fourth-order valence-corrected chi connectivity index (χ4v) is 3.69. The van der Waals surface area contributed by atoms with Crippen molar-refractivity contribution >= 4 is 0 Å². The van der Waals surface area contributed by atoms with Gasteiger partial charge in [0.05, 0.1) is 6.54 Å². The quantitative estimate of drug-likeness (QED) is 0.815.